The summed E-state index contributed by atoms with van der Waals surface area (Å²) in [5.74, 6) is 0.0391. The van der Waals surface area contributed by atoms with Crippen LogP contribution in [0.5, 0.6) is 0 Å². The predicted octanol–water partition coefficient (Wildman–Crippen LogP) is 0.480. The van der Waals surface area contributed by atoms with Crippen LogP contribution in [0, 0.1) is 11.3 Å². The molecule has 0 radical (unpaired) electrons. The second-order valence-electron chi connectivity index (χ2n) is 4.71. The van der Waals surface area contributed by atoms with E-state index in [9.17, 15) is 4.79 Å². The van der Waals surface area contributed by atoms with Crippen molar-refractivity contribution in [1.29, 1.82) is 5.26 Å². The zero-order valence-corrected chi connectivity index (χ0v) is 11.2. The Morgan fingerprint density at radius 3 is 2.83 bits per heavy atom. The van der Waals surface area contributed by atoms with Gasteiger partial charge in [0.2, 0.25) is 5.91 Å². The molecule has 1 aliphatic rings. The number of nitriles is 1. The molecule has 0 aliphatic carbocycles. The largest absolute Gasteiger partial charge is 0.354 e. The van der Waals surface area contributed by atoms with Crippen LogP contribution in [0.1, 0.15) is 32.6 Å². The molecule has 0 saturated carbocycles. The van der Waals surface area contributed by atoms with Gasteiger partial charge in [-0.1, -0.05) is 6.92 Å². The van der Waals surface area contributed by atoms with Gasteiger partial charge in [-0.25, -0.2) is 0 Å². The van der Waals surface area contributed by atoms with Crippen molar-refractivity contribution in [2.75, 3.05) is 32.7 Å². The first-order valence-electron chi connectivity index (χ1n) is 6.86. The van der Waals surface area contributed by atoms with E-state index in [1.165, 1.54) is 0 Å². The minimum atomic E-state index is 0.0391. The Kier molecular flexibility index (Phi) is 7.38. The zero-order valence-electron chi connectivity index (χ0n) is 11.2. The Balaban J connectivity index is 2.36. The second-order valence-corrected chi connectivity index (χ2v) is 4.71. The van der Waals surface area contributed by atoms with E-state index in [0.29, 0.717) is 25.6 Å². The molecule has 18 heavy (non-hydrogen) atoms. The molecule has 5 nitrogen and oxygen atoms in total. The summed E-state index contributed by atoms with van der Waals surface area (Å²) in [6.07, 6.45) is 3.68. The summed E-state index contributed by atoms with van der Waals surface area (Å²) in [4.78, 5) is 14.0. The zero-order chi connectivity index (χ0) is 13.2. The van der Waals surface area contributed by atoms with E-state index in [4.69, 9.17) is 5.26 Å². The highest BCUT2D eigenvalue weighted by Gasteiger charge is 2.21. The summed E-state index contributed by atoms with van der Waals surface area (Å²) in [6, 6.07) is 2.55. The number of amides is 1. The van der Waals surface area contributed by atoms with Gasteiger partial charge >= 0.3 is 0 Å². The average molecular weight is 252 g/mol. The number of carbonyl (C=O) groups excluding carboxylic acids is 1. The van der Waals surface area contributed by atoms with Crippen LogP contribution in [-0.2, 0) is 4.79 Å². The first kappa shape index (κ1) is 14.9. The van der Waals surface area contributed by atoms with Crippen molar-refractivity contribution in [1.82, 2.24) is 15.5 Å². The van der Waals surface area contributed by atoms with Crippen LogP contribution in [-0.4, -0.2) is 49.6 Å². The van der Waals surface area contributed by atoms with E-state index in [-0.39, 0.29) is 5.91 Å². The number of rotatable bonds is 7. The summed E-state index contributed by atoms with van der Waals surface area (Å²) in [5.41, 5.74) is 0. The van der Waals surface area contributed by atoms with E-state index < -0.39 is 0 Å². The van der Waals surface area contributed by atoms with Crippen molar-refractivity contribution >= 4 is 5.91 Å². The third kappa shape index (κ3) is 5.48. The van der Waals surface area contributed by atoms with E-state index in [1.807, 2.05) is 6.07 Å². The number of nitrogens with one attached hydrogen (secondary N) is 2. The lowest BCUT2D eigenvalue weighted by molar-refractivity contribution is -0.122. The van der Waals surface area contributed by atoms with Gasteiger partial charge in [0.25, 0.3) is 0 Å². The normalized spacial score (nSPS) is 16.5. The first-order chi connectivity index (χ1) is 8.77. The minimum absolute atomic E-state index is 0.0391. The summed E-state index contributed by atoms with van der Waals surface area (Å²) in [5, 5.41) is 14.6. The quantitative estimate of drug-likeness (QED) is 0.647. The molecule has 0 aromatic carbocycles. The molecule has 1 aliphatic heterocycles. The van der Waals surface area contributed by atoms with Gasteiger partial charge in [-0.2, -0.15) is 5.26 Å². The third-order valence-corrected chi connectivity index (χ3v) is 3.24. The van der Waals surface area contributed by atoms with Gasteiger partial charge in [0, 0.05) is 12.6 Å². The number of hydrogen-bond donors (Lipinski definition) is 2. The molecule has 102 valence electrons. The van der Waals surface area contributed by atoms with Crippen molar-refractivity contribution in [3.05, 3.63) is 0 Å². The summed E-state index contributed by atoms with van der Waals surface area (Å²) < 4.78 is 0. The molecule has 1 fully saturated rings. The highest BCUT2D eigenvalue weighted by atomic mass is 16.2. The van der Waals surface area contributed by atoms with E-state index in [0.717, 1.165) is 38.9 Å². The minimum Gasteiger partial charge on any atom is -0.354 e. The Bertz CT molecular complexity index is 281. The maximum Gasteiger partial charge on any atom is 0.234 e. The van der Waals surface area contributed by atoms with Gasteiger partial charge < -0.3 is 10.6 Å². The van der Waals surface area contributed by atoms with Crippen molar-refractivity contribution < 1.29 is 4.79 Å². The van der Waals surface area contributed by atoms with Crippen LogP contribution < -0.4 is 10.6 Å². The third-order valence-electron chi connectivity index (χ3n) is 3.24. The predicted molar refractivity (Wildman–Crippen MR) is 71.0 cm³/mol. The lowest BCUT2D eigenvalue weighted by Gasteiger charge is -2.33. The van der Waals surface area contributed by atoms with E-state index in [1.54, 1.807) is 0 Å². The molecular formula is C13H24N4O. The van der Waals surface area contributed by atoms with Gasteiger partial charge in [0.1, 0.15) is 0 Å². The Morgan fingerprint density at radius 2 is 2.22 bits per heavy atom. The Hall–Kier alpha value is -1.12. The average Bonchev–Trinajstić information content (AvgIpc) is 2.39. The van der Waals surface area contributed by atoms with Crippen LogP contribution in [0.2, 0.25) is 0 Å². The molecule has 1 rings (SSSR count). The van der Waals surface area contributed by atoms with Crippen LogP contribution in [0.25, 0.3) is 0 Å². The fraction of sp³-hybridized carbons (Fsp3) is 0.846. The number of hydrogen-bond acceptors (Lipinski definition) is 4. The second kappa shape index (κ2) is 8.90. The molecule has 0 bridgehead atoms. The molecule has 1 heterocycles. The van der Waals surface area contributed by atoms with Crippen LogP contribution in [0.3, 0.4) is 0 Å². The monoisotopic (exact) mass is 252 g/mol. The van der Waals surface area contributed by atoms with Crippen molar-refractivity contribution in [2.24, 2.45) is 0 Å². The summed E-state index contributed by atoms with van der Waals surface area (Å²) in [6.45, 7) is 6.12. The molecule has 0 atom stereocenters. The van der Waals surface area contributed by atoms with Crippen molar-refractivity contribution in [3.8, 4) is 6.07 Å². The molecular weight excluding hydrogens is 228 g/mol. The van der Waals surface area contributed by atoms with Crippen LogP contribution in [0.4, 0.5) is 0 Å². The molecule has 0 unspecified atom stereocenters. The van der Waals surface area contributed by atoms with Crippen molar-refractivity contribution in [2.45, 2.75) is 38.6 Å². The van der Waals surface area contributed by atoms with Gasteiger partial charge in [-0.3, -0.25) is 9.69 Å². The first-order valence-corrected chi connectivity index (χ1v) is 6.86. The molecule has 5 heteroatoms. The van der Waals surface area contributed by atoms with Gasteiger partial charge in [0.05, 0.1) is 19.0 Å². The van der Waals surface area contributed by atoms with Crippen LogP contribution >= 0.6 is 0 Å². The van der Waals surface area contributed by atoms with Crippen molar-refractivity contribution in [3.63, 3.8) is 0 Å². The number of carbonyl (C=O) groups is 1. The highest BCUT2D eigenvalue weighted by molar-refractivity contribution is 5.78. The standard InChI is InChI=1S/C13H24N4O/c1-2-10-17(12-4-8-15-9-5-12)11-13(18)16-7-3-6-14/h12,15H,2-5,7-11H2,1H3,(H,16,18). The fourth-order valence-electron chi connectivity index (χ4n) is 2.35. The fourth-order valence-corrected chi connectivity index (χ4v) is 2.35. The summed E-state index contributed by atoms with van der Waals surface area (Å²) in [7, 11) is 0. The van der Waals surface area contributed by atoms with Gasteiger partial charge in [-0.15, -0.1) is 0 Å². The molecule has 0 aromatic rings. The molecule has 1 amide bonds. The Morgan fingerprint density at radius 1 is 1.50 bits per heavy atom. The maximum atomic E-state index is 11.8. The molecule has 0 aromatic heterocycles. The SMILES string of the molecule is CCCN(CC(=O)NCCC#N)C1CCNCC1. The van der Waals surface area contributed by atoms with Gasteiger partial charge in [0.15, 0.2) is 0 Å². The lowest BCUT2D eigenvalue weighted by Crippen LogP contribution is -2.47. The number of nitrogens with zero attached hydrogens (tertiary/aromatic N) is 2. The Labute approximate surface area is 110 Å². The highest BCUT2D eigenvalue weighted by Crippen LogP contribution is 2.11. The molecule has 1 saturated heterocycles. The topological polar surface area (TPSA) is 68.2 Å². The van der Waals surface area contributed by atoms with E-state index >= 15 is 0 Å². The van der Waals surface area contributed by atoms with E-state index in [2.05, 4.69) is 22.5 Å². The number of piperidine rings is 1. The van der Waals surface area contributed by atoms with Gasteiger partial charge in [-0.05, 0) is 38.9 Å². The molecule has 2 N–H and O–H groups in total. The smallest absolute Gasteiger partial charge is 0.234 e. The van der Waals surface area contributed by atoms with Crippen LogP contribution in [0.15, 0.2) is 0 Å². The lowest BCUT2D eigenvalue weighted by atomic mass is 10.0. The summed E-state index contributed by atoms with van der Waals surface area (Å²) >= 11 is 0. The maximum absolute atomic E-state index is 11.8. The molecule has 0 spiro atoms.